The lowest BCUT2D eigenvalue weighted by molar-refractivity contribution is 0.0933. The molecule has 0 saturated heterocycles. The number of para-hydroxylation sites is 1. The Morgan fingerprint density at radius 2 is 1.70 bits per heavy atom. The van der Waals surface area contributed by atoms with E-state index < -0.39 is 0 Å². The highest BCUT2D eigenvalue weighted by atomic mass is 16.2. The first kappa shape index (κ1) is 17.5. The van der Waals surface area contributed by atoms with Gasteiger partial charge in [0.15, 0.2) is 0 Å². The molecule has 2 aliphatic carbocycles. The number of aryl methyl sites for hydroxylation is 1. The van der Waals surface area contributed by atoms with Crippen LogP contribution in [0.3, 0.4) is 0 Å². The average molecular weight is 397 g/mol. The van der Waals surface area contributed by atoms with Gasteiger partial charge in [-0.1, -0.05) is 36.4 Å². The van der Waals surface area contributed by atoms with E-state index in [4.69, 9.17) is 0 Å². The molecular weight excluding hydrogens is 374 g/mol. The van der Waals surface area contributed by atoms with Crippen molar-refractivity contribution in [1.29, 1.82) is 0 Å². The maximum absolute atomic E-state index is 13.4. The van der Waals surface area contributed by atoms with E-state index in [1.165, 1.54) is 10.9 Å². The summed E-state index contributed by atoms with van der Waals surface area (Å²) in [5.41, 5.74) is 4.14. The third-order valence-corrected chi connectivity index (χ3v) is 6.56. The molecular formula is C25H23N3O2. The van der Waals surface area contributed by atoms with Gasteiger partial charge in [0.25, 0.3) is 11.5 Å². The second kappa shape index (κ2) is 6.59. The first-order chi connectivity index (χ1) is 14.7. The monoisotopic (exact) mass is 397 g/mol. The summed E-state index contributed by atoms with van der Waals surface area (Å²) in [5, 5.41) is 5.86. The van der Waals surface area contributed by atoms with E-state index in [2.05, 4.69) is 28.5 Å². The first-order valence-electron chi connectivity index (χ1n) is 10.7. The van der Waals surface area contributed by atoms with Gasteiger partial charge in [-0.05, 0) is 49.8 Å². The number of amides is 1. The normalized spacial score (nSPS) is 18.5. The van der Waals surface area contributed by atoms with Crippen molar-refractivity contribution in [2.45, 2.75) is 44.2 Å². The number of pyridine rings is 1. The number of hydrogen-bond donors (Lipinski definition) is 2. The Kier molecular flexibility index (Phi) is 3.85. The van der Waals surface area contributed by atoms with Crippen LogP contribution in [0.15, 0.2) is 59.5 Å². The number of aromatic amines is 1. The van der Waals surface area contributed by atoms with Crippen LogP contribution in [0.25, 0.3) is 21.7 Å². The Hall–Kier alpha value is -3.34. The average Bonchev–Trinajstić information content (AvgIpc) is 3.54. The van der Waals surface area contributed by atoms with Crippen LogP contribution >= 0.6 is 0 Å². The first-order valence-corrected chi connectivity index (χ1v) is 10.7. The molecule has 2 aromatic carbocycles. The van der Waals surface area contributed by atoms with Crippen molar-refractivity contribution >= 4 is 27.6 Å². The summed E-state index contributed by atoms with van der Waals surface area (Å²) in [7, 11) is 0. The van der Waals surface area contributed by atoms with Gasteiger partial charge in [-0.3, -0.25) is 9.59 Å². The van der Waals surface area contributed by atoms with Crippen molar-refractivity contribution in [3.63, 3.8) is 0 Å². The number of fused-ring (bicyclic) bond motifs is 4. The van der Waals surface area contributed by atoms with Crippen LogP contribution in [-0.4, -0.2) is 15.5 Å². The van der Waals surface area contributed by atoms with E-state index in [1.54, 1.807) is 10.8 Å². The quantitative estimate of drug-likeness (QED) is 0.529. The fourth-order valence-corrected chi connectivity index (χ4v) is 4.91. The van der Waals surface area contributed by atoms with Crippen LogP contribution in [0.1, 0.15) is 59.4 Å². The molecule has 1 atom stereocenters. The molecule has 150 valence electrons. The Labute approximate surface area is 173 Å². The summed E-state index contributed by atoms with van der Waals surface area (Å²) in [6.45, 7) is 0. The van der Waals surface area contributed by atoms with E-state index in [-0.39, 0.29) is 23.6 Å². The second-order valence-electron chi connectivity index (χ2n) is 8.51. The molecule has 4 aromatic rings. The predicted molar refractivity (Wildman–Crippen MR) is 118 cm³/mol. The van der Waals surface area contributed by atoms with Crippen molar-refractivity contribution in [3.8, 4) is 0 Å². The van der Waals surface area contributed by atoms with E-state index in [9.17, 15) is 9.59 Å². The molecule has 2 aliphatic rings. The van der Waals surface area contributed by atoms with Gasteiger partial charge in [-0.25, -0.2) is 0 Å². The maximum Gasteiger partial charge on any atom is 0.258 e. The smallest absolute Gasteiger partial charge is 0.258 e. The third kappa shape index (κ3) is 2.69. The minimum absolute atomic E-state index is 0.000204. The highest BCUT2D eigenvalue weighted by molar-refractivity contribution is 6.06. The van der Waals surface area contributed by atoms with Crippen molar-refractivity contribution in [2.24, 2.45) is 0 Å². The molecule has 1 fully saturated rings. The van der Waals surface area contributed by atoms with Gasteiger partial charge in [0.05, 0.1) is 11.6 Å². The van der Waals surface area contributed by atoms with Gasteiger partial charge in [-0.15, -0.1) is 0 Å². The number of H-pyrrole nitrogens is 1. The Balaban J connectivity index is 1.41. The molecule has 1 amide bonds. The van der Waals surface area contributed by atoms with Crippen LogP contribution in [-0.2, 0) is 6.42 Å². The zero-order valence-electron chi connectivity index (χ0n) is 16.7. The second-order valence-corrected chi connectivity index (χ2v) is 8.51. The summed E-state index contributed by atoms with van der Waals surface area (Å²) < 4.78 is 1.76. The number of carbonyl (C=O) groups is 1. The third-order valence-electron chi connectivity index (χ3n) is 6.56. The molecule has 0 bridgehead atoms. The maximum atomic E-state index is 13.4. The topological polar surface area (TPSA) is 66.9 Å². The molecule has 5 nitrogen and oxygen atoms in total. The van der Waals surface area contributed by atoms with Crippen LogP contribution < -0.4 is 10.9 Å². The van der Waals surface area contributed by atoms with Crippen molar-refractivity contribution in [2.75, 3.05) is 0 Å². The van der Waals surface area contributed by atoms with E-state index in [0.717, 1.165) is 48.7 Å². The Bertz CT molecular complexity index is 1360. The van der Waals surface area contributed by atoms with Crippen molar-refractivity contribution in [1.82, 2.24) is 14.9 Å². The van der Waals surface area contributed by atoms with Gasteiger partial charge < -0.3 is 14.9 Å². The molecule has 2 N–H and O–H groups in total. The molecule has 6 rings (SSSR count). The van der Waals surface area contributed by atoms with Crippen LogP contribution in [0.4, 0.5) is 0 Å². The standard InChI is InChI=1S/C25H23N3O2/c29-24(20-14-28(15-12-13-15)25(30)19-8-2-1-6-16(19)20)27-22-11-5-9-18-17-7-3-4-10-21(17)26-23(18)22/h1-4,6-8,10,14-15,22,26H,5,9,11-13H2,(H,27,29). The molecule has 0 radical (unpaired) electrons. The summed E-state index contributed by atoms with van der Waals surface area (Å²) in [5.74, 6) is -0.114. The zero-order chi connectivity index (χ0) is 20.2. The highest BCUT2D eigenvalue weighted by Crippen LogP contribution is 2.36. The number of nitrogens with zero attached hydrogens (tertiary/aromatic N) is 1. The molecule has 2 heterocycles. The number of rotatable bonds is 3. The summed E-state index contributed by atoms with van der Waals surface area (Å²) in [4.78, 5) is 29.8. The molecule has 1 unspecified atom stereocenters. The van der Waals surface area contributed by atoms with Gasteiger partial charge in [0.1, 0.15) is 0 Å². The van der Waals surface area contributed by atoms with E-state index in [0.29, 0.717) is 10.9 Å². The summed E-state index contributed by atoms with van der Waals surface area (Å²) in [6, 6.07) is 16.0. The number of benzene rings is 2. The minimum atomic E-state index is -0.114. The van der Waals surface area contributed by atoms with Crippen molar-refractivity contribution < 1.29 is 4.79 Å². The van der Waals surface area contributed by atoms with Gasteiger partial charge in [0, 0.05) is 39.6 Å². The lowest BCUT2D eigenvalue weighted by Gasteiger charge is -2.24. The zero-order valence-corrected chi connectivity index (χ0v) is 16.7. The minimum Gasteiger partial charge on any atom is -0.356 e. The number of hydrogen-bond acceptors (Lipinski definition) is 2. The fourth-order valence-electron chi connectivity index (χ4n) is 4.91. The van der Waals surface area contributed by atoms with E-state index >= 15 is 0 Å². The fraction of sp³-hybridized carbons (Fsp3) is 0.280. The molecule has 1 saturated carbocycles. The lowest BCUT2D eigenvalue weighted by Crippen LogP contribution is -2.32. The Morgan fingerprint density at radius 1 is 0.967 bits per heavy atom. The number of aromatic nitrogens is 2. The predicted octanol–water partition coefficient (Wildman–Crippen LogP) is 4.63. The van der Waals surface area contributed by atoms with Crippen LogP contribution in [0, 0.1) is 0 Å². The molecule has 2 aromatic heterocycles. The van der Waals surface area contributed by atoms with Gasteiger partial charge >= 0.3 is 0 Å². The van der Waals surface area contributed by atoms with Gasteiger partial charge in [-0.2, -0.15) is 0 Å². The highest BCUT2D eigenvalue weighted by Gasteiger charge is 2.29. The number of nitrogens with one attached hydrogen (secondary N) is 2. The number of carbonyl (C=O) groups excluding carboxylic acids is 1. The van der Waals surface area contributed by atoms with Crippen LogP contribution in [0.2, 0.25) is 0 Å². The van der Waals surface area contributed by atoms with Crippen LogP contribution in [0.5, 0.6) is 0 Å². The van der Waals surface area contributed by atoms with Crippen molar-refractivity contribution in [3.05, 3.63) is 81.9 Å². The summed E-state index contributed by atoms with van der Waals surface area (Å²) in [6.07, 6.45) is 6.75. The molecule has 0 spiro atoms. The van der Waals surface area contributed by atoms with Gasteiger partial charge in [0.2, 0.25) is 0 Å². The Morgan fingerprint density at radius 3 is 2.50 bits per heavy atom. The SMILES string of the molecule is O=C(NC1CCCc2c1[nH]c1ccccc21)c1cn(C2CC2)c(=O)c2ccccc12. The molecule has 30 heavy (non-hydrogen) atoms. The lowest BCUT2D eigenvalue weighted by atomic mass is 9.91. The molecule has 0 aliphatic heterocycles. The van der Waals surface area contributed by atoms with E-state index in [1.807, 2.05) is 30.3 Å². The molecule has 5 heteroatoms. The summed E-state index contributed by atoms with van der Waals surface area (Å²) >= 11 is 0. The largest absolute Gasteiger partial charge is 0.356 e.